The van der Waals surface area contributed by atoms with Crippen LogP contribution in [0.3, 0.4) is 0 Å². The molecule has 2 atom stereocenters. The maximum Gasteiger partial charge on any atom is 0.320 e. The largest absolute Gasteiger partial charge is 0.497 e. The third-order valence-electron chi connectivity index (χ3n) is 6.09. The van der Waals surface area contributed by atoms with Crippen molar-refractivity contribution in [3.05, 3.63) is 66.2 Å². The Bertz CT molecular complexity index is 1380. The molecule has 0 spiro atoms. The first-order chi connectivity index (χ1) is 19.1. The molecule has 0 aromatic heterocycles. The number of carbonyl (C=O) groups excluding carboxylic acids is 3. The Morgan fingerprint density at radius 3 is 2.45 bits per heavy atom. The number of esters is 2. The van der Waals surface area contributed by atoms with Gasteiger partial charge in [0.1, 0.15) is 12.4 Å². The van der Waals surface area contributed by atoms with Crippen LogP contribution in [-0.4, -0.2) is 61.1 Å². The van der Waals surface area contributed by atoms with E-state index in [1.807, 2.05) is 60.7 Å². The van der Waals surface area contributed by atoms with E-state index in [-0.39, 0.29) is 32.1 Å². The fourth-order valence-electron chi connectivity index (χ4n) is 4.31. The van der Waals surface area contributed by atoms with Gasteiger partial charge < -0.3 is 24.4 Å². The van der Waals surface area contributed by atoms with Gasteiger partial charge in [-0.1, -0.05) is 77.3 Å². The minimum absolute atomic E-state index is 0.149. The first kappa shape index (κ1) is 30.3. The lowest BCUT2D eigenvalue weighted by Crippen LogP contribution is -2.45. The smallest absolute Gasteiger partial charge is 0.320 e. The number of amides is 1. The van der Waals surface area contributed by atoms with Crippen molar-refractivity contribution in [2.45, 2.75) is 27.0 Å². The monoisotopic (exact) mass is 624 g/mol. The van der Waals surface area contributed by atoms with Crippen molar-refractivity contribution in [2.24, 2.45) is 0 Å². The molecule has 12 heteroatoms. The minimum Gasteiger partial charge on any atom is -0.497 e. The van der Waals surface area contributed by atoms with Crippen molar-refractivity contribution in [2.75, 3.05) is 38.3 Å². The molecule has 0 bridgehead atoms. The molecule has 40 heavy (non-hydrogen) atoms. The number of hydrogen-bond donors (Lipinski definition) is 1. The zero-order valence-electron chi connectivity index (χ0n) is 21.7. The number of benzene rings is 3. The van der Waals surface area contributed by atoms with Gasteiger partial charge in [0.05, 0.1) is 24.6 Å². The van der Waals surface area contributed by atoms with Crippen LogP contribution in [0.15, 0.2) is 65.6 Å². The van der Waals surface area contributed by atoms with Crippen molar-refractivity contribution in [1.82, 2.24) is 5.32 Å². The second kappa shape index (κ2) is 13.3. The van der Waals surface area contributed by atoms with Crippen LogP contribution in [0.1, 0.15) is 17.7 Å². The predicted octanol–water partition coefficient (Wildman–Crippen LogP) is 5.46. The lowest BCUT2D eigenvalue weighted by Gasteiger charge is -2.27. The molecular weight excluding hydrogens is 599 g/mol. The first-order valence-electron chi connectivity index (χ1n) is 12.3. The van der Waals surface area contributed by atoms with Gasteiger partial charge in [0.15, 0.2) is 6.10 Å². The number of ether oxygens (including phenoxy) is 3. The maximum absolute atomic E-state index is 14.1. The Hall–Kier alpha value is -2.69. The molecule has 1 amide bonds. The number of rotatable bonds is 9. The molecule has 1 N–H and O–H groups in total. The van der Waals surface area contributed by atoms with Gasteiger partial charge in [-0.25, -0.2) is 0 Å². The number of nitrogens with zero attached hydrogens (tertiary/aromatic N) is 1. The molecule has 0 fully saturated rings. The predicted molar refractivity (Wildman–Crippen MR) is 158 cm³/mol. The molecule has 1 heterocycles. The van der Waals surface area contributed by atoms with Gasteiger partial charge in [0.2, 0.25) is 3.79 Å². The van der Waals surface area contributed by atoms with Crippen LogP contribution < -0.4 is 15.0 Å². The second-order valence-electron chi connectivity index (χ2n) is 8.92. The van der Waals surface area contributed by atoms with Crippen molar-refractivity contribution in [1.29, 1.82) is 0 Å². The standard InChI is InChI=1S/C28H27Cl3N2O6S/c1-17(34)39-24-25(19-7-10-20(37-2)11-8-19)40-26-21-6-4-3-5-18(21)9-12-22(26)33(27(24)36)14-13-32-15-23(35)38-16-28(29,30)31/h3-12,24-25,32H,13-16H2,1-2H3/t24-,25+/m1/s1. The molecule has 0 aliphatic carbocycles. The summed E-state index contributed by atoms with van der Waals surface area (Å²) < 4.78 is 14.2. The Kier molecular flexibility index (Phi) is 10.1. The highest BCUT2D eigenvalue weighted by atomic mass is 35.6. The summed E-state index contributed by atoms with van der Waals surface area (Å²) >= 11 is 18.4. The quantitative estimate of drug-likeness (QED) is 0.190. The second-order valence-corrected chi connectivity index (χ2v) is 12.6. The Balaban J connectivity index is 1.66. The zero-order valence-corrected chi connectivity index (χ0v) is 24.8. The molecule has 1 aliphatic heterocycles. The van der Waals surface area contributed by atoms with Crippen molar-refractivity contribution in [3.8, 4) is 5.75 Å². The number of anilines is 1. The topological polar surface area (TPSA) is 94.2 Å². The van der Waals surface area contributed by atoms with Crippen molar-refractivity contribution >= 4 is 80.9 Å². The lowest BCUT2D eigenvalue weighted by molar-refractivity contribution is -0.152. The third kappa shape index (κ3) is 7.53. The fraction of sp³-hybridized carbons (Fsp3) is 0.321. The molecule has 0 saturated heterocycles. The van der Waals surface area contributed by atoms with E-state index >= 15 is 0 Å². The Morgan fingerprint density at radius 2 is 1.77 bits per heavy atom. The van der Waals surface area contributed by atoms with Crippen molar-refractivity contribution < 1.29 is 28.6 Å². The minimum atomic E-state index is -1.70. The van der Waals surface area contributed by atoms with Gasteiger partial charge >= 0.3 is 11.9 Å². The normalized spacial score (nSPS) is 17.2. The number of nitrogens with one attached hydrogen (secondary N) is 1. The maximum atomic E-state index is 14.1. The lowest BCUT2D eigenvalue weighted by atomic mass is 10.0. The summed E-state index contributed by atoms with van der Waals surface area (Å²) in [6.45, 7) is 1.19. The van der Waals surface area contributed by atoms with Crippen LogP contribution in [0, 0.1) is 0 Å². The number of hydrogen-bond acceptors (Lipinski definition) is 8. The van der Waals surface area contributed by atoms with Crippen LogP contribution in [0.25, 0.3) is 10.8 Å². The average molecular weight is 626 g/mol. The number of alkyl halides is 3. The van der Waals surface area contributed by atoms with E-state index in [9.17, 15) is 14.4 Å². The number of fused-ring (bicyclic) bond motifs is 3. The van der Waals surface area contributed by atoms with Gasteiger partial charge in [-0.3, -0.25) is 14.4 Å². The molecule has 212 valence electrons. The number of halogens is 3. The Labute approximate surface area is 251 Å². The first-order valence-corrected chi connectivity index (χ1v) is 14.3. The highest BCUT2D eigenvalue weighted by Crippen LogP contribution is 2.49. The van der Waals surface area contributed by atoms with Crippen molar-refractivity contribution in [3.63, 3.8) is 0 Å². The SMILES string of the molecule is COc1ccc([C@@H]2Sc3c(ccc4ccccc34)N(CCNCC(=O)OCC(Cl)(Cl)Cl)C(=O)[C@@H]2OC(C)=O)cc1. The van der Waals surface area contributed by atoms with Crippen LogP contribution in [-0.2, 0) is 23.9 Å². The molecule has 3 aromatic carbocycles. The summed E-state index contributed by atoms with van der Waals surface area (Å²) in [6.07, 6.45) is -1.10. The van der Waals surface area contributed by atoms with E-state index in [1.54, 1.807) is 12.0 Å². The van der Waals surface area contributed by atoms with E-state index in [0.717, 1.165) is 21.2 Å². The summed E-state index contributed by atoms with van der Waals surface area (Å²) in [5.74, 6) is -0.877. The Morgan fingerprint density at radius 1 is 1.05 bits per heavy atom. The van der Waals surface area contributed by atoms with Crippen LogP contribution in [0.2, 0.25) is 0 Å². The zero-order chi connectivity index (χ0) is 28.9. The van der Waals surface area contributed by atoms with E-state index < -0.39 is 27.1 Å². The van der Waals surface area contributed by atoms with Crippen LogP contribution in [0.5, 0.6) is 5.75 Å². The third-order valence-corrected chi connectivity index (χ3v) is 7.86. The van der Waals surface area contributed by atoms with E-state index in [2.05, 4.69) is 5.32 Å². The van der Waals surface area contributed by atoms with Gasteiger partial charge in [0.25, 0.3) is 5.91 Å². The molecule has 1 aliphatic rings. The molecule has 0 unspecified atom stereocenters. The molecule has 8 nitrogen and oxygen atoms in total. The number of carbonyl (C=O) groups is 3. The molecular formula is C28H27Cl3N2O6S. The van der Waals surface area contributed by atoms with Gasteiger partial charge in [-0.2, -0.15) is 0 Å². The summed E-state index contributed by atoms with van der Waals surface area (Å²) in [4.78, 5) is 40.7. The molecule has 3 aromatic rings. The molecule has 0 saturated carbocycles. The highest BCUT2D eigenvalue weighted by Gasteiger charge is 2.41. The van der Waals surface area contributed by atoms with E-state index in [1.165, 1.54) is 18.7 Å². The summed E-state index contributed by atoms with van der Waals surface area (Å²) in [5.41, 5.74) is 1.49. The van der Waals surface area contributed by atoms with Gasteiger partial charge in [-0.15, -0.1) is 11.8 Å². The number of thioether (sulfide) groups is 1. The summed E-state index contributed by atoms with van der Waals surface area (Å²) in [6, 6.07) is 19.1. The van der Waals surface area contributed by atoms with Gasteiger partial charge in [0, 0.05) is 24.9 Å². The van der Waals surface area contributed by atoms with E-state index in [4.69, 9.17) is 49.0 Å². The summed E-state index contributed by atoms with van der Waals surface area (Å²) in [5, 5.41) is 4.41. The fourth-order valence-corrected chi connectivity index (χ4v) is 5.93. The number of methoxy groups -OCH3 is 1. The van der Waals surface area contributed by atoms with E-state index in [0.29, 0.717) is 11.4 Å². The van der Waals surface area contributed by atoms with Gasteiger partial charge in [-0.05, 0) is 34.5 Å². The highest BCUT2D eigenvalue weighted by molar-refractivity contribution is 8.00. The van der Waals surface area contributed by atoms with Crippen LogP contribution in [0.4, 0.5) is 5.69 Å². The average Bonchev–Trinajstić information content (AvgIpc) is 3.04. The molecule has 0 radical (unpaired) electrons. The molecule has 4 rings (SSSR count). The summed E-state index contributed by atoms with van der Waals surface area (Å²) in [7, 11) is 1.58. The van der Waals surface area contributed by atoms with Crippen LogP contribution >= 0.6 is 46.6 Å².